The molecule has 4 nitrogen and oxygen atoms in total. The number of carbonyl (C=O) groups is 2. The number of rotatable bonds is 5. The molecule has 1 aromatic rings. The molecule has 0 aliphatic heterocycles. The van der Waals surface area contributed by atoms with Gasteiger partial charge in [0.25, 0.3) is 0 Å². The van der Waals surface area contributed by atoms with Crippen molar-refractivity contribution in [1.29, 1.82) is 0 Å². The summed E-state index contributed by atoms with van der Waals surface area (Å²) in [6, 6.07) is 7.01. The zero-order valence-electron chi connectivity index (χ0n) is 9.77. The number of carbonyl (C=O) groups excluding carboxylic acids is 2. The molecule has 0 aliphatic rings. The van der Waals surface area contributed by atoms with Crippen molar-refractivity contribution < 1.29 is 19.1 Å². The summed E-state index contributed by atoms with van der Waals surface area (Å²) in [4.78, 5) is 22.4. The van der Waals surface area contributed by atoms with Gasteiger partial charge in [0.05, 0.1) is 13.5 Å². The van der Waals surface area contributed by atoms with E-state index in [0.29, 0.717) is 6.42 Å². The fraction of sp³-hybridized carbons (Fsp3) is 0.308. The molecule has 1 rings (SSSR count). The van der Waals surface area contributed by atoms with Gasteiger partial charge in [0.15, 0.2) is 0 Å². The Balaban J connectivity index is 2.47. The highest BCUT2D eigenvalue weighted by Crippen LogP contribution is 2.12. The molecule has 0 saturated carbocycles. The van der Waals surface area contributed by atoms with Crippen LogP contribution in [0.15, 0.2) is 24.3 Å². The van der Waals surface area contributed by atoms with Gasteiger partial charge in [-0.3, -0.25) is 9.59 Å². The van der Waals surface area contributed by atoms with Crippen LogP contribution in [0, 0.1) is 6.92 Å². The fourth-order valence-electron chi connectivity index (χ4n) is 1.27. The molecule has 0 fully saturated rings. The van der Waals surface area contributed by atoms with Gasteiger partial charge in [0.2, 0.25) is 0 Å². The van der Waals surface area contributed by atoms with E-state index in [4.69, 9.17) is 4.74 Å². The average Bonchev–Trinajstić information content (AvgIpc) is 2.30. The minimum Gasteiger partial charge on any atom is -0.497 e. The lowest BCUT2D eigenvalue weighted by Gasteiger charge is -2.03. The van der Waals surface area contributed by atoms with E-state index in [9.17, 15) is 9.59 Å². The van der Waals surface area contributed by atoms with Crippen molar-refractivity contribution in [1.82, 2.24) is 0 Å². The number of methoxy groups -OCH3 is 1. The van der Waals surface area contributed by atoms with E-state index in [2.05, 4.69) is 11.7 Å². The van der Waals surface area contributed by atoms with Crippen LogP contribution in [0.3, 0.4) is 0 Å². The molecule has 1 aromatic carbocycles. The number of ether oxygens (including phenoxy) is 2. The van der Waals surface area contributed by atoms with Crippen LogP contribution in [-0.4, -0.2) is 19.0 Å². The molecule has 17 heavy (non-hydrogen) atoms. The third-order valence-electron chi connectivity index (χ3n) is 2.12. The standard InChI is InChI=1S/C13H15O4/c1-3-4-12(14)17-13(15)9-10-5-7-11(16-2)8-6-10/h5-8H,1,3-4,9H2,2H3. The molecule has 0 aliphatic carbocycles. The van der Waals surface area contributed by atoms with Crippen molar-refractivity contribution in [3.8, 4) is 5.75 Å². The lowest BCUT2D eigenvalue weighted by atomic mass is 10.1. The number of esters is 2. The first-order valence-electron chi connectivity index (χ1n) is 5.31. The number of benzene rings is 1. The van der Waals surface area contributed by atoms with Crippen LogP contribution in [0.1, 0.15) is 18.4 Å². The molecule has 0 heterocycles. The first kappa shape index (κ1) is 13.2. The highest BCUT2D eigenvalue weighted by molar-refractivity contribution is 5.86. The van der Waals surface area contributed by atoms with Gasteiger partial charge in [-0.2, -0.15) is 0 Å². The van der Waals surface area contributed by atoms with Crippen molar-refractivity contribution in [3.63, 3.8) is 0 Å². The molecule has 0 amide bonds. The monoisotopic (exact) mass is 235 g/mol. The smallest absolute Gasteiger partial charge is 0.317 e. The van der Waals surface area contributed by atoms with Crippen LogP contribution >= 0.6 is 0 Å². The topological polar surface area (TPSA) is 52.6 Å². The summed E-state index contributed by atoms with van der Waals surface area (Å²) in [5, 5.41) is 0. The molecule has 0 unspecified atom stereocenters. The Bertz CT molecular complexity index is 381. The van der Waals surface area contributed by atoms with E-state index in [1.807, 2.05) is 0 Å². The SMILES string of the molecule is [CH2]CCC(=O)OC(=O)Cc1ccc(OC)cc1. The van der Waals surface area contributed by atoms with E-state index >= 15 is 0 Å². The number of hydrogen-bond donors (Lipinski definition) is 0. The van der Waals surface area contributed by atoms with Gasteiger partial charge < -0.3 is 9.47 Å². The molecule has 0 atom stereocenters. The van der Waals surface area contributed by atoms with Crippen LogP contribution in [0.2, 0.25) is 0 Å². The second-order valence-corrected chi connectivity index (χ2v) is 3.47. The van der Waals surface area contributed by atoms with Gasteiger partial charge in [-0.1, -0.05) is 19.1 Å². The van der Waals surface area contributed by atoms with Gasteiger partial charge in [0, 0.05) is 6.42 Å². The van der Waals surface area contributed by atoms with Gasteiger partial charge in [-0.15, -0.1) is 0 Å². The normalized spacial score (nSPS) is 9.76. The third-order valence-corrected chi connectivity index (χ3v) is 2.12. The molecular weight excluding hydrogens is 220 g/mol. The third kappa shape index (κ3) is 4.68. The molecular formula is C13H15O4. The Kier molecular flexibility index (Phi) is 5.20. The Hall–Kier alpha value is -1.84. The Morgan fingerprint density at radius 1 is 1.18 bits per heavy atom. The molecule has 4 heteroatoms. The highest BCUT2D eigenvalue weighted by atomic mass is 16.6. The van der Waals surface area contributed by atoms with E-state index in [1.165, 1.54) is 0 Å². The highest BCUT2D eigenvalue weighted by Gasteiger charge is 2.10. The molecule has 1 radical (unpaired) electrons. The summed E-state index contributed by atoms with van der Waals surface area (Å²) in [5.74, 6) is -0.359. The van der Waals surface area contributed by atoms with Crippen molar-refractivity contribution >= 4 is 11.9 Å². The molecule has 0 N–H and O–H groups in total. The first-order chi connectivity index (χ1) is 8.15. The fourth-order valence-corrected chi connectivity index (χ4v) is 1.27. The minimum absolute atomic E-state index is 0.0763. The molecule has 0 aromatic heterocycles. The Labute approximate surface area is 101 Å². The van der Waals surface area contributed by atoms with Gasteiger partial charge >= 0.3 is 11.9 Å². The Morgan fingerprint density at radius 2 is 1.82 bits per heavy atom. The van der Waals surface area contributed by atoms with Crippen LogP contribution in [0.4, 0.5) is 0 Å². The van der Waals surface area contributed by atoms with Crippen LogP contribution in [0.25, 0.3) is 0 Å². The number of hydrogen-bond acceptors (Lipinski definition) is 4. The maximum absolute atomic E-state index is 11.4. The first-order valence-corrected chi connectivity index (χ1v) is 5.31. The maximum Gasteiger partial charge on any atom is 0.317 e. The van der Waals surface area contributed by atoms with E-state index in [-0.39, 0.29) is 12.8 Å². The lowest BCUT2D eigenvalue weighted by Crippen LogP contribution is -2.13. The summed E-state index contributed by atoms with van der Waals surface area (Å²) in [5.41, 5.74) is 0.776. The zero-order valence-corrected chi connectivity index (χ0v) is 9.77. The van der Waals surface area contributed by atoms with Gasteiger partial charge in [-0.05, 0) is 24.1 Å². The summed E-state index contributed by atoms with van der Waals surface area (Å²) in [6.07, 6.45) is 0.663. The zero-order chi connectivity index (χ0) is 12.7. The quantitative estimate of drug-likeness (QED) is 0.578. The van der Waals surface area contributed by atoms with Crippen molar-refractivity contribution in [3.05, 3.63) is 36.8 Å². The summed E-state index contributed by atoms with van der Waals surface area (Å²) >= 11 is 0. The van der Waals surface area contributed by atoms with Crippen LogP contribution < -0.4 is 4.74 Å². The van der Waals surface area contributed by atoms with Crippen molar-refractivity contribution in [2.24, 2.45) is 0 Å². The summed E-state index contributed by atoms with van der Waals surface area (Å²) in [7, 11) is 1.57. The largest absolute Gasteiger partial charge is 0.497 e. The van der Waals surface area contributed by atoms with E-state index in [1.54, 1.807) is 31.4 Å². The predicted molar refractivity (Wildman–Crippen MR) is 62.4 cm³/mol. The summed E-state index contributed by atoms with van der Waals surface area (Å²) < 4.78 is 9.60. The van der Waals surface area contributed by atoms with Gasteiger partial charge in [0.1, 0.15) is 5.75 Å². The predicted octanol–water partition coefficient (Wildman–Crippen LogP) is 1.92. The molecule has 91 valence electrons. The molecule has 0 saturated heterocycles. The minimum atomic E-state index is -0.548. The molecule has 0 spiro atoms. The van der Waals surface area contributed by atoms with Crippen LogP contribution in [-0.2, 0) is 20.7 Å². The summed E-state index contributed by atoms with van der Waals surface area (Å²) in [6.45, 7) is 3.51. The average molecular weight is 235 g/mol. The van der Waals surface area contributed by atoms with Crippen LogP contribution in [0.5, 0.6) is 5.75 Å². The van der Waals surface area contributed by atoms with E-state index < -0.39 is 11.9 Å². The van der Waals surface area contributed by atoms with Crippen molar-refractivity contribution in [2.45, 2.75) is 19.3 Å². The maximum atomic E-state index is 11.4. The Morgan fingerprint density at radius 3 is 2.35 bits per heavy atom. The second kappa shape index (κ2) is 6.68. The van der Waals surface area contributed by atoms with Gasteiger partial charge in [-0.25, -0.2) is 0 Å². The molecule has 0 bridgehead atoms. The van der Waals surface area contributed by atoms with E-state index in [0.717, 1.165) is 11.3 Å². The lowest BCUT2D eigenvalue weighted by molar-refractivity contribution is -0.159. The van der Waals surface area contributed by atoms with Crippen molar-refractivity contribution in [2.75, 3.05) is 7.11 Å². The second-order valence-electron chi connectivity index (χ2n) is 3.47.